The van der Waals surface area contributed by atoms with E-state index in [1.165, 1.54) is 24.4 Å². The molecule has 2 aromatic carbocycles. The van der Waals surface area contributed by atoms with Crippen LogP contribution in [0.5, 0.6) is 0 Å². The number of rotatable bonds is 8. The maximum Gasteiger partial charge on any atom is 0.270 e. The Balaban J connectivity index is 1.70. The molecule has 27 heavy (non-hydrogen) atoms. The summed E-state index contributed by atoms with van der Waals surface area (Å²) in [5.74, 6) is -0.515. The highest BCUT2D eigenvalue weighted by atomic mass is 79.9. The summed E-state index contributed by atoms with van der Waals surface area (Å²) in [4.78, 5) is 33.7. The van der Waals surface area contributed by atoms with E-state index in [0.29, 0.717) is 17.7 Å². The third-order valence-electron chi connectivity index (χ3n) is 3.42. The van der Waals surface area contributed by atoms with Crippen molar-refractivity contribution in [3.63, 3.8) is 0 Å². The average molecular weight is 433 g/mol. The average Bonchev–Trinajstić information content (AvgIpc) is 2.64. The van der Waals surface area contributed by atoms with Crippen LogP contribution in [-0.4, -0.2) is 23.0 Å². The molecule has 2 rings (SSSR count). The Bertz CT molecular complexity index is 853. The van der Waals surface area contributed by atoms with E-state index >= 15 is 0 Å². The lowest BCUT2D eigenvalue weighted by Gasteiger charge is -2.05. The minimum atomic E-state index is -0.505. The summed E-state index contributed by atoms with van der Waals surface area (Å²) >= 11 is 3.32. The molecule has 0 bridgehead atoms. The Kier molecular flexibility index (Phi) is 7.63. The lowest BCUT2D eigenvalue weighted by Crippen LogP contribution is -2.18. The molecule has 0 heterocycles. The molecule has 0 atom stereocenters. The number of amides is 2. The molecule has 0 saturated heterocycles. The quantitative estimate of drug-likeness (QED) is 0.376. The molecular weight excluding hydrogens is 416 g/mol. The molecule has 2 amide bonds. The van der Waals surface area contributed by atoms with Crippen LogP contribution in [0.15, 0.2) is 58.1 Å². The summed E-state index contributed by atoms with van der Waals surface area (Å²) in [6.07, 6.45) is 2.05. The van der Waals surface area contributed by atoms with Crippen LogP contribution in [0.2, 0.25) is 0 Å². The van der Waals surface area contributed by atoms with Crippen LogP contribution >= 0.6 is 15.9 Å². The molecule has 0 radical (unpaired) electrons. The summed E-state index contributed by atoms with van der Waals surface area (Å²) in [5, 5.41) is 17.2. The summed E-state index contributed by atoms with van der Waals surface area (Å²) in [5.41, 5.74) is 3.47. The minimum Gasteiger partial charge on any atom is -0.326 e. The number of halogens is 1. The first-order valence-corrected chi connectivity index (χ1v) is 8.85. The van der Waals surface area contributed by atoms with Crippen molar-refractivity contribution in [3.05, 3.63) is 68.7 Å². The van der Waals surface area contributed by atoms with Gasteiger partial charge >= 0.3 is 0 Å². The monoisotopic (exact) mass is 432 g/mol. The normalized spacial score (nSPS) is 10.6. The van der Waals surface area contributed by atoms with Crippen LogP contribution < -0.4 is 10.7 Å². The lowest BCUT2D eigenvalue weighted by molar-refractivity contribution is -0.384. The molecule has 8 nitrogen and oxygen atoms in total. The fraction of sp³-hybridized carbons (Fsp3) is 0.167. The number of nitrogens with one attached hydrogen (secondary N) is 2. The van der Waals surface area contributed by atoms with E-state index in [-0.39, 0.29) is 30.3 Å². The second-order valence-corrected chi connectivity index (χ2v) is 6.47. The van der Waals surface area contributed by atoms with E-state index in [1.54, 1.807) is 18.2 Å². The van der Waals surface area contributed by atoms with Gasteiger partial charge in [-0.1, -0.05) is 28.1 Å². The van der Waals surface area contributed by atoms with Crippen molar-refractivity contribution in [2.24, 2.45) is 5.10 Å². The van der Waals surface area contributed by atoms with Crippen LogP contribution in [0.3, 0.4) is 0 Å². The largest absolute Gasteiger partial charge is 0.326 e. The number of hydrogen-bond donors (Lipinski definition) is 2. The van der Waals surface area contributed by atoms with Gasteiger partial charge in [0.15, 0.2) is 0 Å². The van der Waals surface area contributed by atoms with Crippen molar-refractivity contribution >= 4 is 45.3 Å². The Morgan fingerprint density at radius 1 is 1.11 bits per heavy atom. The molecule has 0 aliphatic carbocycles. The van der Waals surface area contributed by atoms with Crippen LogP contribution in [-0.2, 0) is 9.59 Å². The first-order chi connectivity index (χ1) is 12.9. The predicted molar refractivity (Wildman–Crippen MR) is 105 cm³/mol. The van der Waals surface area contributed by atoms with Gasteiger partial charge in [-0.15, -0.1) is 0 Å². The smallest absolute Gasteiger partial charge is 0.270 e. The van der Waals surface area contributed by atoms with Gasteiger partial charge in [-0.05, 0) is 30.7 Å². The van der Waals surface area contributed by atoms with Gasteiger partial charge < -0.3 is 5.32 Å². The molecular formula is C18H17BrN4O4. The van der Waals surface area contributed by atoms with Crippen molar-refractivity contribution in [2.75, 3.05) is 5.32 Å². The molecule has 2 aromatic rings. The van der Waals surface area contributed by atoms with E-state index in [9.17, 15) is 19.7 Å². The zero-order chi connectivity index (χ0) is 19.6. The van der Waals surface area contributed by atoms with Gasteiger partial charge in [-0.25, -0.2) is 5.43 Å². The van der Waals surface area contributed by atoms with Gasteiger partial charge in [0, 0.05) is 40.7 Å². The second kappa shape index (κ2) is 10.2. The fourth-order valence-electron chi connectivity index (χ4n) is 2.12. The van der Waals surface area contributed by atoms with Crippen LogP contribution in [0.1, 0.15) is 24.8 Å². The van der Waals surface area contributed by atoms with Crippen LogP contribution in [0.25, 0.3) is 0 Å². The molecule has 0 saturated carbocycles. The molecule has 0 aliphatic heterocycles. The third kappa shape index (κ3) is 7.37. The Hall–Kier alpha value is -3.07. The third-order valence-corrected chi connectivity index (χ3v) is 3.95. The highest BCUT2D eigenvalue weighted by Crippen LogP contribution is 2.14. The highest BCUT2D eigenvalue weighted by molar-refractivity contribution is 9.10. The van der Waals surface area contributed by atoms with Crippen molar-refractivity contribution in [2.45, 2.75) is 19.3 Å². The van der Waals surface area contributed by atoms with Gasteiger partial charge in [0.05, 0.1) is 11.1 Å². The zero-order valence-electron chi connectivity index (χ0n) is 14.2. The number of carbonyl (C=O) groups excluding carboxylic acids is 2. The highest BCUT2D eigenvalue weighted by Gasteiger charge is 2.06. The molecule has 0 unspecified atom stereocenters. The molecule has 2 N–H and O–H groups in total. The Morgan fingerprint density at radius 3 is 2.52 bits per heavy atom. The van der Waals surface area contributed by atoms with E-state index in [4.69, 9.17) is 0 Å². The number of nitrogens with zero attached hydrogens (tertiary/aromatic N) is 2. The number of benzene rings is 2. The lowest BCUT2D eigenvalue weighted by atomic mass is 10.2. The maximum atomic E-state index is 11.8. The predicted octanol–water partition coefficient (Wildman–Crippen LogP) is 3.62. The molecule has 0 spiro atoms. The standard InChI is InChI=1S/C18H17BrN4O4/c19-14-7-9-15(10-8-14)21-17(24)5-2-6-18(25)22-20-12-13-3-1-4-16(11-13)23(26)27/h1,3-4,7-12H,2,5-6H2,(H,21,24)(H,22,25)/b20-12-. The maximum absolute atomic E-state index is 11.8. The summed E-state index contributed by atoms with van der Waals surface area (Å²) in [7, 11) is 0. The molecule has 0 fully saturated rings. The molecule has 9 heteroatoms. The number of nitro groups is 1. The van der Waals surface area contributed by atoms with Gasteiger partial charge in [-0.2, -0.15) is 5.10 Å². The van der Waals surface area contributed by atoms with Crippen molar-refractivity contribution in [1.29, 1.82) is 0 Å². The summed E-state index contributed by atoms with van der Waals surface area (Å²) < 4.78 is 0.919. The van der Waals surface area contributed by atoms with Crippen molar-refractivity contribution in [1.82, 2.24) is 5.43 Å². The number of non-ortho nitro benzene ring substituents is 1. The van der Waals surface area contributed by atoms with Gasteiger partial charge in [-0.3, -0.25) is 19.7 Å². The molecule has 0 aromatic heterocycles. The number of hydrazone groups is 1. The van der Waals surface area contributed by atoms with Crippen molar-refractivity contribution < 1.29 is 14.5 Å². The summed E-state index contributed by atoms with van der Waals surface area (Å²) in [6, 6.07) is 13.1. The molecule has 140 valence electrons. The van der Waals surface area contributed by atoms with Gasteiger partial charge in [0.1, 0.15) is 0 Å². The van der Waals surface area contributed by atoms with E-state index < -0.39 is 4.92 Å². The number of hydrogen-bond acceptors (Lipinski definition) is 5. The Labute approximate surface area is 163 Å². The number of carbonyl (C=O) groups is 2. The molecule has 0 aliphatic rings. The van der Waals surface area contributed by atoms with E-state index in [1.807, 2.05) is 12.1 Å². The fourth-order valence-corrected chi connectivity index (χ4v) is 2.38. The first-order valence-electron chi connectivity index (χ1n) is 8.06. The van der Waals surface area contributed by atoms with E-state index in [2.05, 4.69) is 31.8 Å². The zero-order valence-corrected chi connectivity index (χ0v) is 15.8. The van der Waals surface area contributed by atoms with Crippen LogP contribution in [0.4, 0.5) is 11.4 Å². The summed E-state index contributed by atoms with van der Waals surface area (Å²) in [6.45, 7) is 0. The van der Waals surface area contributed by atoms with Crippen molar-refractivity contribution in [3.8, 4) is 0 Å². The minimum absolute atomic E-state index is 0.0536. The topological polar surface area (TPSA) is 114 Å². The van der Waals surface area contributed by atoms with Gasteiger partial charge in [0.25, 0.3) is 5.69 Å². The van der Waals surface area contributed by atoms with Gasteiger partial charge in [0.2, 0.25) is 11.8 Å². The number of nitro benzene ring substituents is 1. The second-order valence-electron chi connectivity index (χ2n) is 5.55. The SMILES string of the molecule is O=C(CCCC(=O)Nc1ccc(Br)cc1)N/N=C\c1cccc([N+](=O)[O-])c1. The number of anilines is 1. The van der Waals surface area contributed by atoms with E-state index in [0.717, 1.165) is 4.47 Å². The Morgan fingerprint density at radius 2 is 1.81 bits per heavy atom. The van der Waals surface area contributed by atoms with Crippen LogP contribution in [0, 0.1) is 10.1 Å². The first kappa shape index (κ1) is 20.2.